The number of hydrogen-bond donors (Lipinski definition) is 4. The zero-order valence-electron chi connectivity index (χ0n) is 17.6. The Bertz CT molecular complexity index is 1030. The van der Waals surface area contributed by atoms with Crippen LogP contribution in [0.4, 0.5) is 5.69 Å². The molecular formula is C17H27ClN4O8P2. The summed E-state index contributed by atoms with van der Waals surface area (Å²) >= 11 is 6.23. The van der Waals surface area contributed by atoms with Crippen molar-refractivity contribution in [1.29, 1.82) is 0 Å². The van der Waals surface area contributed by atoms with E-state index in [0.29, 0.717) is 25.5 Å². The first kappa shape index (κ1) is 25.6. The Balaban J connectivity index is 1.71. The molecule has 0 bridgehead atoms. The second-order valence-electron chi connectivity index (χ2n) is 7.73. The molecule has 2 aromatic heterocycles. The number of imidazole rings is 1. The van der Waals surface area contributed by atoms with Crippen molar-refractivity contribution >= 4 is 38.0 Å². The number of hydrogen-bond acceptors (Lipinski definition) is 8. The zero-order chi connectivity index (χ0) is 23.5. The van der Waals surface area contributed by atoms with Crippen molar-refractivity contribution in [3.8, 4) is 0 Å². The maximum Gasteiger partial charge on any atom is 0.340 e. The fourth-order valence-electron chi connectivity index (χ4n) is 3.49. The summed E-state index contributed by atoms with van der Waals surface area (Å²) in [6, 6.07) is 1.90. The van der Waals surface area contributed by atoms with Crippen LogP contribution >= 0.6 is 26.8 Å². The molecule has 1 aliphatic rings. The van der Waals surface area contributed by atoms with Gasteiger partial charge in [0, 0.05) is 25.7 Å². The minimum Gasteiger partial charge on any atom is -0.379 e. The molecule has 0 aliphatic carbocycles. The van der Waals surface area contributed by atoms with Gasteiger partial charge in [0.1, 0.15) is 11.3 Å². The van der Waals surface area contributed by atoms with Crippen LogP contribution in [0.3, 0.4) is 0 Å². The normalized spacial score (nSPS) is 20.9. The van der Waals surface area contributed by atoms with Gasteiger partial charge in [-0.25, -0.2) is 9.50 Å². The van der Waals surface area contributed by atoms with E-state index in [4.69, 9.17) is 35.4 Å². The van der Waals surface area contributed by atoms with Crippen LogP contribution in [0, 0.1) is 0 Å². The van der Waals surface area contributed by atoms with Crippen molar-refractivity contribution in [2.45, 2.75) is 37.8 Å². The highest BCUT2D eigenvalue weighted by Gasteiger charge is 2.32. The molecule has 4 atom stereocenters. The molecule has 2 aromatic rings. The molecular weight excluding hydrogens is 486 g/mol. The lowest BCUT2D eigenvalue weighted by molar-refractivity contribution is 0.0437. The molecule has 0 radical (unpaired) electrons. The number of ether oxygens (including phenoxy) is 2. The topological polar surface area (TPSA) is 165 Å². The van der Waals surface area contributed by atoms with E-state index in [1.807, 2.05) is 6.92 Å². The smallest absolute Gasteiger partial charge is 0.340 e. The third-order valence-electron chi connectivity index (χ3n) is 5.00. The Kier molecular flexibility index (Phi) is 8.35. The van der Waals surface area contributed by atoms with Crippen LogP contribution < -0.4 is 5.32 Å². The van der Waals surface area contributed by atoms with Crippen molar-refractivity contribution in [2.75, 3.05) is 38.2 Å². The molecule has 32 heavy (non-hydrogen) atoms. The number of nitrogens with zero attached hydrogens (tertiary/aromatic N) is 3. The quantitative estimate of drug-likeness (QED) is 0.327. The van der Waals surface area contributed by atoms with E-state index < -0.39 is 27.2 Å². The standard InChI is InChI=1S/C17H27ClN4O8P2/c1-11(5-13(28-2)9-30-32(26,27)10-31(23,24)25)17-19-7-15-14(6-16(18)21-22(15)17)20-12-3-4-29-8-12/h6-7,11-13,20H,3-5,8-10H2,1-2H3,(H,26,27)(H2,23,24,25)/t11?,12?,13-/m0/s1. The van der Waals surface area contributed by atoms with Crippen molar-refractivity contribution < 1.29 is 37.8 Å². The van der Waals surface area contributed by atoms with Gasteiger partial charge in [-0.3, -0.25) is 9.13 Å². The predicted octanol–water partition coefficient (Wildman–Crippen LogP) is 2.43. The van der Waals surface area contributed by atoms with Crippen LogP contribution in [-0.4, -0.2) is 74.3 Å². The molecule has 15 heteroatoms. The lowest BCUT2D eigenvalue weighted by atomic mass is 10.0. The Labute approximate surface area is 189 Å². The Morgan fingerprint density at radius 3 is 2.78 bits per heavy atom. The van der Waals surface area contributed by atoms with Crippen LogP contribution in [0.15, 0.2) is 12.3 Å². The number of nitrogens with one attached hydrogen (secondary N) is 1. The lowest BCUT2D eigenvalue weighted by Gasteiger charge is -2.21. The number of aromatic nitrogens is 3. The summed E-state index contributed by atoms with van der Waals surface area (Å²) in [4.78, 5) is 32.0. The molecule has 180 valence electrons. The molecule has 0 saturated carbocycles. The summed E-state index contributed by atoms with van der Waals surface area (Å²) < 4.78 is 40.1. The minimum atomic E-state index is -4.70. The largest absolute Gasteiger partial charge is 0.379 e. The van der Waals surface area contributed by atoms with Crippen LogP contribution in [-0.2, 0) is 23.1 Å². The van der Waals surface area contributed by atoms with E-state index >= 15 is 0 Å². The zero-order valence-corrected chi connectivity index (χ0v) is 20.2. The first-order chi connectivity index (χ1) is 15.0. The van der Waals surface area contributed by atoms with Crippen molar-refractivity contribution in [2.24, 2.45) is 0 Å². The van der Waals surface area contributed by atoms with Gasteiger partial charge in [0.25, 0.3) is 0 Å². The number of anilines is 1. The van der Waals surface area contributed by atoms with Gasteiger partial charge in [0.15, 0.2) is 11.1 Å². The summed E-state index contributed by atoms with van der Waals surface area (Å²) in [6.07, 6.45) is 2.30. The Hall–Kier alpha value is -1.07. The highest BCUT2D eigenvalue weighted by atomic mass is 35.5. The third kappa shape index (κ3) is 6.96. The van der Waals surface area contributed by atoms with E-state index in [0.717, 1.165) is 17.6 Å². The molecule has 3 heterocycles. The molecule has 1 aliphatic heterocycles. The monoisotopic (exact) mass is 512 g/mol. The van der Waals surface area contributed by atoms with Gasteiger partial charge in [-0.2, -0.15) is 5.10 Å². The lowest BCUT2D eigenvalue weighted by Crippen LogP contribution is -2.22. The van der Waals surface area contributed by atoms with Gasteiger partial charge in [-0.05, 0) is 12.8 Å². The SMILES string of the molecule is CO[C@H](COP(=O)(O)CP(=O)(O)O)CC(C)c1ncc2c(NC3CCOC3)cc(Cl)nn12. The molecule has 1 fully saturated rings. The number of rotatable bonds is 11. The second kappa shape index (κ2) is 10.5. The van der Waals surface area contributed by atoms with Gasteiger partial charge in [0.2, 0.25) is 0 Å². The van der Waals surface area contributed by atoms with E-state index in [9.17, 15) is 14.0 Å². The average molecular weight is 513 g/mol. The predicted molar refractivity (Wildman–Crippen MR) is 117 cm³/mol. The fraction of sp³-hybridized carbons (Fsp3) is 0.647. The van der Waals surface area contributed by atoms with Crippen molar-refractivity contribution in [1.82, 2.24) is 14.6 Å². The average Bonchev–Trinajstić information content (AvgIpc) is 3.32. The summed E-state index contributed by atoms with van der Waals surface area (Å²) in [6.45, 7) is 2.87. The van der Waals surface area contributed by atoms with Crippen LogP contribution in [0.2, 0.25) is 5.15 Å². The van der Waals surface area contributed by atoms with Crippen molar-refractivity contribution in [3.63, 3.8) is 0 Å². The molecule has 0 spiro atoms. The van der Waals surface area contributed by atoms with Gasteiger partial charge < -0.3 is 34.0 Å². The van der Waals surface area contributed by atoms with Crippen LogP contribution in [0.1, 0.15) is 31.5 Å². The number of fused-ring (bicyclic) bond motifs is 1. The van der Waals surface area contributed by atoms with Gasteiger partial charge in [-0.1, -0.05) is 18.5 Å². The maximum absolute atomic E-state index is 11.9. The van der Waals surface area contributed by atoms with Gasteiger partial charge in [-0.15, -0.1) is 0 Å². The van der Waals surface area contributed by atoms with Gasteiger partial charge in [0.05, 0.1) is 37.2 Å². The first-order valence-electron chi connectivity index (χ1n) is 9.89. The molecule has 1 saturated heterocycles. The first-order valence-corrected chi connectivity index (χ1v) is 13.8. The molecule has 0 aromatic carbocycles. The molecule has 12 nitrogen and oxygen atoms in total. The molecule has 3 rings (SSSR count). The maximum atomic E-state index is 11.9. The van der Waals surface area contributed by atoms with E-state index in [1.165, 1.54) is 7.11 Å². The van der Waals surface area contributed by atoms with Crippen LogP contribution in [0.5, 0.6) is 0 Å². The third-order valence-corrected chi connectivity index (χ3v) is 8.64. The molecule has 3 unspecified atom stereocenters. The summed E-state index contributed by atoms with van der Waals surface area (Å²) in [7, 11) is -7.75. The summed E-state index contributed by atoms with van der Waals surface area (Å²) in [5, 5.41) is 8.05. The highest BCUT2D eigenvalue weighted by Crippen LogP contribution is 2.55. The van der Waals surface area contributed by atoms with E-state index in [2.05, 4.69) is 15.4 Å². The Morgan fingerprint density at radius 2 is 2.16 bits per heavy atom. The minimum absolute atomic E-state index is 0.172. The summed E-state index contributed by atoms with van der Waals surface area (Å²) in [5.41, 5.74) is 1.53. The van der Waals surface area contributed by atoms with Crippen LogP contribution in [0.25, 0.3) is 5.52 Å². The molecule has 0 amide bonds. The second-order valence-corrected chi connectivity index (χ2v) is 12.1. The highest BCUT2D eigenvalue weighted by molar-refractivity contribution is 7.70. The number of halogens is 1. The Morgan fingerprint density at radius 1 is 1.41 bits per heavy atom. The molecule has 4 N–H and O–H groups in total. The fourth-order valence-corrected chi connectivity index (χ4v) is 6.26. The van der Waals surface area contributed by atoms with E-state index in [1.54, 1.807) is 16.8 Å². The summed E-state index contributed by atoms with van der Waals surface area (Å²) in [5.74, 6) is -0.849. The van der Waals surface area contributed by atoms with Gasteiger partial charge >= 0.3 is 15.2 Å². The van der Waals surface area contributed by atoms with Crippen molar-refractivity contribution in [3.05, 3.63) is 23.2 Å². The number of methoxy groups -OCH3 is 1. The van der Waals surface area contributed by atoms with E-state index in [-0.39, 0.29) is 23.7 Å².